The smallest absolute Gasteiger partial charge is 0.327 e. The Morgan fingerprint density at radius 3 is 2.60 bits per heavy atom. The number of aliphatic hydroxyl groups excluding tert-OH is 1. The molecule has 0 aliphatic carbocycles. The molecule has 2 heterocycles. The predicted octanol–water partition coefficient (Wildman–Crippen LogP) is 0.700. The lowest BCUT2D eigenvalue weighted by atomic mass is 9.74. The Labute approximate surface area is 90.4 Å². The number of amides is 1. The average Bonchev–Trinajstić information content (AvgIpc) is 2.19. The largest absolute Gasteiger partial charge is 0.347 e. The van der Waals surface area contributed by atoms with Gasteiger partial charge in [0.05, 0.1) is 6.61 Å². The highest BCUT2D eigenvalue weighted by atomic mass is 16.5. The molecular weight excluding hydrogens is 194 g/mol. The zero-order valence-corrected chi connectivity index (χ0v) is 9.86. The lowest BCUT2D eigenvalue weighted by molar-refractivity contribution is -1.01. The monoisotopic (exact) mass is 214 g/mol. The van der Waals surface area contributed by atoms with E-state index in [0.29, 0.717) is 12.5 Å². The van der Waals surface area contributed by atoms with Crippen LogP contribution in [0.25, 0.3) is 0 Å². The van der Waals surface area contributed by atoms with Crippen molar-refractivity contribution in [3.05, 3.63) is 0 Å². The number of carbonyl (C=O) groups is 1. The zero-order valence-electron chi connectivity index (χ0n) is 9.86. The molecule has 1 N–H and O–H groups in total. The molecule has 0 bridgehead atoms. The first kappa shape index (κ1) is 11.0. The van der Waals surface area contributed by atoms with Gasteiger partial charge >= 0.3 is 5.91 Å². The third-order valence-corrected chi connectivity index (χ3v) is 4.27. The first-order chi connectivity index (χ1) is 6.88. The number of nitrogens with zero attached hydrogens (tertiary/aromatic N) is 1. The van der Waals surface area contributed by atoms with Gasteiger partial charge in [-0.05, 0) is 6.92 Å². The lowest BCUT2D eigenvalue weighted by Crippen LogP contribution is -2.85. The Morgan fingerprint density at radius 2 is 2.13 bits per heavy atom. The highest BCUT2D eigenvalue weighted by Gasteiger charge is 2.71. The van der Waals surface area contributed by atoms with Crippen LogP contribution in [0.15, 0.2) is 0 Å². The van der Waals surface area contributed by atoms with Crippen molar-refractivity contribution in [1.29, 1.82) is 0 Å². The highest BCUT2D eigenvalue weighted by Crippen LogP contribution is 2.49. The summed E-state index contributed by atoms with van der Waals surface area (Å²) in [5, 5.41) is 9.58. The molecule has 4 heteroatoms. The van der Waals surface area contributed by atoms with E-state index in [4.69, 9.17) is 4.74 Å². The van der Waals surface area contributed by atoms with Crippen molar-refractivity contribution < 1.29 is 19.1 Å². The molecule has 0 aromatic carbocycles. The van der Waals surface area contributed by atoms with Crippen LogP contribution < -0.4 is 0 Å². The van der Waals surface area contributed by atoms with Gasteiger partial charge in [0.2, 0.25) is 5.72 Å². The quantitative estimate of drug-likeness (QED) is 0.516. The van der Waals surface area contributed by atoms with Gasteiger partial charge in [-0.1, -0.05) is 6.92 Å². The number of carbonyl (C=O) groups excluding carboxylic acids is 1. The molecule has 2 aliphatic rings. The number of hydrogen-bond donors (Lipinski definition) is 1. The van der Waals surface area contributed by atoms with Gasteiger partial charge in [0.15, 0.2) is 6.73 Å². The number of fused-ring (bicyclic) bond motifs is 1. The Kier molecular flexibility index (Phi) is 2.23. The van der Waals surface area contributed by atoms with E-state index in [0.717, 1.165) is 0 Å². The maximum absolute atomic E-state index is 12.0. The normalized spacial score (nSPS) is 48.3. The van der Waals surface area contributed by atoms with Crippen LogP contribution in [0, 0.1) is 11.8 Å². The Morgan fingerprint density at radius 1 is 1.53 bits per heavy atom. The number of aliphatic hydroxyl groups is 1. The standard InChI is InChI=1S/C11H20NO3/c1-7-5-15-11(3,4)12(6-13)9(7)8(2)10(12)14/h7-9,13H,5-6H2,1-4H3/q+1. The molecule has 0 spiro atoms. The van der Waals surface area contributed by atoms with E-state index in [1.165, 1.54) is 0 Å². The third kappa shape index (κ3) is 1.05. The SMILES string of the molecule is CC1COC(C)(C)[N+]2(CO)C(=O)C(C)C12. The molecule has 4 unspecified atom stereocenters. The summed E-state index contributed by atoms with van der Waals surface area (Å²) >= 11 is 0. The molecule has 1 amide bonds. The summed E-state index contributed by atoms with van der Waals surface area (Å²) in [5.74, 6) is 0.493. The van der Waals surface area contributed by atoms with E-state index in [1.54, 1.807) is 0 Å². The molecule has 2 rings (SSSR count). The fourth-order valence-corrected chi connectivity index (χ4v) is 3.39. The highest BCUT2D eigenvalue weighted by molar-refractivity contribution is 5.78. The van der Waals surface area contributed by atoms with Gasteiger partial charge in [-0.2, -0.15) is 0 Å². The minimum atomic E-state index is -0.588. The van der Waals surface area contributed by atoms with E-state index in [-0.39, 0.29) is 29.1 Å². The number of hydrogen-bond acceptors (Lipinski definition) is 3. The van der Waals surface area contributed by atoms with Crippen LogP contribution in [0.4, 0.5) is 0 Å². The third-order valence-electron chi connectivity index (χ3n) is 4.27. The van der Waals surface area contributed by atoms with Crippen molar-refractivity contribution in [1.82, 2.24) is 0 Å². The topological polar surface area (TPSA) is 46.5 Å². The van der Waals surface area contributed by atoms with Gasteiger partial charge in [-0.15, -0.1) is 0 Å². The van der Waals surface area contributed by atoms with Crippen LogP contribution in [0.5, 0.6) is 0 Å². The summed E-state index contributed by atoms with van der Waals surface area (Å²) in [5.41, 5.74) is -0.588. The second-order valence-corrected chi connectivity index (χ2v) is 5.36. The minimum absolute atomic E-state index is 0.0512. The second kappa shape index (κ2) is 3.03. The summed E-state index contributed by atoms with van der Waals surface area (Å²) < 4.78 is 5.81. The number of quaternary nitrogens is 1. The number of rotatable bonds is 1. The Balaban J connectivity index is 2.43. The van der Waals surface area contributed by atoms with Crippen molar-refractivity contribution in [2.75, 3.05) is 13.3 Å². The van der Waals surface area contributed by atoms with Crippen LogP contribution in [0.1, 0.15) is 27.7 Å². The molecule has 86 valence electrons. The molecule has 2 saturated heterocycles. The lowest BCUT2D eigenvalue weighted by Gasteiger charge is -2.63. The van der Waals surface area contributed by atoms with Crippen LogP contribution in [0.2, 0.25) is 0 Å². The molecule has 4 atom stereocenters. The van der Waals surface area contributed by atoms with E-state index in [2.05, 4.69) is 6.92 Å². The van der Waals surface area contributed by atoms with E-state index in [9.17, 15) is 9.90 Å². The average molecular weight is 214 g/mol. The van der Waals surface area contributed by atoms with Crippen molar-refractivity contribution in [3.63, 3.8) is 0 Å². The minimum Gasteiger partial charge on any atom is -0.347 e. The summed E-state index contributed by atoms with van der Waals surface area (Å²) in [6, 6.07) is 0.214. The van der Waals surface area contributed by atoms with Crippen LogP contribution >= 0.6 is 0 Å². The maximum atomic E-state index is 12.0. The van der Waals surface area contributed by atoms with Crippen LogP contribution in [-0.2, 0) is 9.53 Å². The first-order valence-corrected chi connectivity index (χ1v) is 5.55. The molecule has 0 radical (unpaired) electrons. The van der Waals surface area contributed by atoms with Gasteiger partial charge in [-0.25, -0.2) is 9.28 Å². The fourth-order valence-electron chi connectivity index (χ4n) is 3.39. The zero-order chi connectivity index (χ0) is 11.4. The van der Waals surface area contributed by atoms with Gasteiger partial charge < -0.3 is 9.84 Å². The number of ether oxygens (including phenoxy) is 1. The molecule has 2 aliphatic heterocycles. The Bertz CT molecular complexity index is 302. The molecule has 0 aromatic heterocycles. The van der Waals surface area contributed by atoms with Crippen molar-refractivity contribution in [2.45, 2.75) is 39.5 Å². The molecule has 15 heavy (non-hydrogen) atoms. The molecular formula is C11H20NO3+. The van der Waals surface area contributed by atoms with Crippen molar-refractivity contribution >= 4 is 5.91 Å². The van der Waals surface area contributed by atoms with E-state index >= 15 is 0 Å². The van der Waals surface area contributed by atoms with Crippen LogP contribution in [-0.4, -0.2) is 40.6 Å². The second-order valence-electron chi connectivity index (χ2n) is 5.36. The van der Waals surface area contributed by atoms with Crippen molar-refractivity contribution in [2.24, 2.45) is 11.8 Å². The molecule has 4 nitrogen and oxygen atoms in total. The summed E-state index contributed by atoms with van der Waals surface area (Å²) in [6.45, 7) is 8.36. The molecule has 0 saturated carbocycles. The number of β-lactam (4-membered cyclic amide) rings is 1. The van der Waals surface area contributed by atoms with Gasteiger partial charge in [0.25, 0.3) is 0 Å². The van der Waals surface area contributed by atoms with Crippen molar-refractivity contribution in [3.8, 4) is 0 Å². The van der Waals surface area contributed by atoms with E-state index < -0.39 is 5.72 Å². The summed E-state index contributed by atoms with van der Waals surface area (Å²) in [7, 11) is 0. The summed E-state index contributed by atoms with van der Waals surface area (Å²) in [4.78, 5) is 12.0. The first-order valence-electron chi connectivity index (χ1n) is 5.55. The summed E-state index contributed by atoms with van der Waals surface area (Å²) in [6.07, 6.45) is 0. The van der Waals surface area contributed by atoms with Gasteiger partial charge in [0, 0.05) is 19.8 Å². The van der Waals surface area contributed by atoms with Gasteiger partial charge in [0.1, 0.15) is 12.0 Å². The molecule has 0 aromatic rings. The Hall–Kier alpha value is -0.450. The maximum Gasteiger partial charge on any atom is 0.327 e. The molecule has 2 fully saturated rings. The van der Waals surface area contributed by atoms with Crippen LogP contribution in [0.3, 0.4) is 0 Å². The van der Waals surface area contributed by atoms with Gasteiger partial charge in [-0.3, -0.25) is 0 Å². The van der Waals surface area contributed by atoms with E-state index in [1.807, 2.05) is 20.8 Å². The fraction of sp³-hybridized carbons (Fsp3) is 0.909. The predicted molar refractivity (Wildman–Crippen MR) is 54.5 cm³/mol.